The molecule has 0 radical (unpaired) electrons. The summed E-state index contributed by atoms with van der Waals surface area (Å²) in [4.78, 5) is 45.5. The molecular formula is C27H34N4O5. The topological polar surface area (TPSA) is 114 Å². The third kappa shape index (κ3) is 5.23. The number of Topliss-reactive ketones (excluding diaryl/α,β-unsaturated/α-hetero) is 1. The van der Waals surface area contributed by atoms with E-state index >= 15 is 0 Å². The summed E-state index contributed by atoms with van der Waals surface area (Å²) in [6, 6.07) is 8.69. The van der Waals surface area contributed by atoms with Crippen molar-refractivity contribution >= 4 is 17.8 Å². The molecule has 1 aromatic carbocycles. The molecule has 3 aliphatic carbocycles. The number of hydrogen-bond acceptors (Lipinski definition) is 7. The van der Waals surface area contributed by atoms with Gasteiger partial charge < -0.3 is 15.8 Å². The van der Waals surface area contributed by atoms with Crippen molar-refractivity contribution in [3.8, 4) is 0 Å². The Hall–Kier alpha value is -3.01. The fraction of sp³-hybridized carbons (Fsp3) is 0.519. The van der Waals surface area contributed by atoms with E-state index in [2.05, 4.69) is 17.4 Å². The minimum absolute atomic E-state index is 0.0887. The van der Waals surface area contributed by atoms with Gasteiger partial charge in [-0.05, 0) is 37.7 Å². The van der Waals surface area contributed by atoms with Crippen molar-refractivity contribution in [1.82, 2.24) is 15.3 Å². The number of amides is 2. The van der Waals surface area contributed by atoms with E-state index in [4.69, 9.17) is 15.3 Å². The van der Waals surface area contributed by atoms with Gasteiger partial charge in [-0.1, -0.05) is 55.3 Å². The van der Waals surface area contributed by atoms with E-state index in [1.165, 1.54) is 12.8 Å². The van der Waals surface area contributed by atoms with Crippen molar-refractivity contribution in [2.75, 3.05) is 19.8 Å². The third-order valence-electron chi connectivity index (χ3n) is 7.41. The number of hydrogen-bond donors (Lipinski definition) is 2. The third-order valence-corrected chi connectivity index (χ3v) is 7.41. The number of nitrogens with zero attached hydrogens (tertiary/aromatic N) is 2. The van der Waals surface area contributed by atoms with Gasteiger partial charge in [0.15, 0.2) is 11.4 Å². The zero-order chi connectivity index (χ0) is 25.3. The summed E-state index contributed by atoms with van der Waals surface area (Å²) < 4.78 is 5.87. The minimum atomic E-state index is -0.865. The average Bonchev–Trinajstić information content (AvgIpc) is 3.55. The lowest BCUT2D eigenvalue weighted by molar-refractivity contribution is -0.190. The molecule has 192 valence electrons. The molecule has 4 aliphatic rings. The van der Waals surface area contributed by atoms with Gasteiger partial charge in [-0.2, -0.15) is 5.06 Å². The molecule has 36 heavy (non-hydrogen) atoms. The van der Waals surface area contributed by atoms with Crippen LogP contribution in [0.15, 0.2) is 53.6 Å². The molecule has 1 aromatic rings. The van der Waals surface area contributed by atoms with E-state index in [1.807, 2.05) is 29.3 Å². The van der Waals surface area contributed by atoms with Gasteiger partial charge in [-0.15, -0.1) is 0 Å². The van der Waals surface area contributed by atoms with E-state index < -0.39 is 23.8 Å². The van der Waals surface area contributed by atoms with E-state index in [9.17, 15) is 14.4 Å². The van der Waals surface area contributed by atoms with Gasteiger partial charge >= 0.3 is 6.09 Å². The van der Waals surface area contributed by atoms with Gasteiger partial charge in [0.25, 0.3) is 0 Å². The number of nitrogens with one attached hydrogen (secondary N) is 1. The Bertz CT molecular complexity index is 1080. The summed E-state index contributed by atoms with van der Waals surface area (Å²) in [7, 11) is 0. The van der Waals surface area contributed by atoms with Crippen LogP contribution >= 0.6 is 0 Å². The normalized spacial score (nSPS) is 26.1. The number of carbonyl (C=O) groups is 3. The number of ketones is 1. The molecule has 5 rings (SSSR count). The average molecular weight is 495 g/mol. The maximum Gasteiger partial charge on any atom is 0.412 e. The summed E-state index contributed by atoms with van der Waals surface area (Å²) in [5, 5.41) is 4.61. The number of ether oxygens (including phenoxy) is 1. The van der Waals surface area contributed by atoms with Crippen molar-refractivity contribution in [2.45, 2.75) is 63.3 Å². The molecule has 0 aromatic heterocycles. The summed E-state index contributed by atoms with van der Waals surface area (Å²) >= 11 is 0. The lowest BCUT2D eigenvalue weighted by Gasteiger charge is -2.27. The van der Waals surface area contributed by atoms with Crippen molar-refractivity contribution in [3.05, 3.63) is 59.2 Å². The van der Waals surface area contributed by atoms with Crippen LogP contribution < -0.4 is 11.1 Å². The predicted molar refractivity (Wildman–Crippen MR) is 132 cm³/mol. The van der Waals surface area contributed by atoms with E-state index in [1.54, 1.807) is 17.9 Å². The second-order valence-corrected chi connectivity index (χ2v) is 10.3. The zero-order valence-corrected chi connectivity index (χ0v) is 20.7. The fourth-order valence-corrected chi connectivity index (χ4v) is 5.11. The summed E-state index contributed by atoms with van der Waals surface area (Å²) in [6.07, 6.45) is 7.67. The van der Waals surface area contributed by atoms with Gasteiger partial charge in [-0.25, -0.2) is 4.79 Å². The smallest absolute Gasteiger partial charge is 0.412 e. The highest BCUT2D eigenvalue weighted by atomic mass is 16.7. The van der Waals surface area contributed by atoms with Crippen LogP contribution in [0.1, 0.15) is 44.6 Å². The van der Waals surface area contributed by atoms with Crippen LogP contribution in [-0.4, -0.2) is 65.3 Å². The van der Waals surface area contributed by atoms with E-state index in [0.29, 0.717) is 31.5 Å². The van der Waals surface area contributed by atoms with Crippen molar-refractivity contribution < 1.29 is 24.0 Å². The number of hydroxylamine groups is 2. The quantitative estimate of drug-likeness (QED) is 0.480. The zero-order valence-electron chi connectivity index (χ0n) is 20.7. The van der Waals surface area contributed by atoms with Crippen molar-refractivity contribution in [2.24, 2.45) is 11.7 Å². The molecule has 9 nitrogen and oxygen atoms in total. The highest BCUT2D eigenvalue weighted by Gasteiger charge is 2.53. The number of carbonyl (C=O) groups excluding carboxylic acids is 3. The second-order valence-electron chi connectivity index (χ2n) is 10.3. The first-order valence-electron chi connectivity index (χ1n) is 12.8. The summed E-state index contributed by atoms with van der Waals surface area (Å²) in [5.74, 6) is 0.221. The molecule has 3 N–H and O–H groups in total. The van der Waals surface area contributed by atoms with Gasteiger partial charge in [0.2, 0.25) is 5.91 Å². The molecule has 2 fully saturated rings. The van der Waals surface area contributed by atoms with E-state index in [0.717, 1.165) is 30.0 Å². The maximum atomic E-state index is 13.0. The van der Waals surface area contributed by atoms with Crippen molar-refractivity contribution in [1.29, 1.82) is 0 Å². The van der Waals surface area contributed by atoms with Gasteiger partial charge in [-0.3, -0.25) is 19.3 Å². The van der Waals surface area contributed by atoms with Gasteiger partial charge in [0, 0.05) is 24.2 Å². The molecule has 3 atom stereocenters. The van der Waals surface area contributed by atoms with Crippen LogP contribution in [0.3, 0.4) is 0 Å². The molecule has 1 spiro atoms. The van der Waals surface area contributed by atoms with Crippen LogP contribution in [0.2, 0.25) is 0 Å². The predicted octanol–water partition coefficient (Wildman–Crippen LogP) is 2.43. The molecule has 1 saturated heterocycles. The van der Waals surface area contributed by atoms with Gasteiger partial charge in [0.1, 0.15) is 12.8 Å². The van der Waals surface area contributed by atoms with Gasteiger partial charge in [0.05, 0.1) is 12.6 Å². The Balaban J connectivity index is 1.22. The fourth-order valence-electron chi connectivity index (χ4n) is 5.11. The Labute approximate surface area is 211 Å². The molecule has 1 heterocycles. The lowest BCUT2D eigenvalue weighted by Crippen LogP contribution is -2.47. The Kier molecular flexibility index (Phi) is 6.96. The molecule has 2 amide bonds. The molecular weight excluding hydrogens is 460 g/mol. The number of nitrogens with two attached hydrogens (primary N) is 1. The molecule has 9 heteroatoms. The molecule has 0 bridgehead atoms. The van der Waals surface area contributed by atoms with Crippen LogP contribution in [0, 0.1) is 5.92 Å². The molecule has 1 aliphatic heterocycles. The summed E-state index contributed by atoms with van der Waals surface area (Å²) in [6.45, 7) is 3.42. The minimum Gasteiger partial charge on any atom is -0.436 e. The second kappa shape index (κ2) is 10.2. The Morgan fingerprint density at radius 1 is 1.31 bits per heavy atom. The summed E-state index contributed by atoms with van der Waals surface area (Å²) in [5.41, 5.74) is 7.24. The number of benzene rings is 1. The first-order chi connectivity index (χ1) is 17.3. The highest BCUT2D eigenvalue weighted by Crippen LogP contribution is 2.45. The monoisotopic (exact) mass is 494 g/mol. The molecule has 1 saturated carbocycles. The Morgan fingerprint density at radius 3 is 2.81 bits per heavy atom. The maximum absolute atomic E-state index is 13.0. The standard InChI is InChI=1S/C27H34N4O5/c1-18(28)25(33)29-23-10-9-22-21(24(23)32)11-13-27(22)16-30(26(34)36-27)17-35-31(14-12-19-7-8-19)15-20-5-3-2-4-6-20/h2-6,9-10,18-19,23H,7-8,11-17,28H2,1H3,(H,29,33)/t18-,23?,27-/m1/s1. The van der Waals surface area contributed by atoms with Crippen LogP contribution in [0.25, 0.3) is 0 Å². The van der Waals surface area contributed by atoms with Crippen LogP contribution in [-0.2, 0) is 25.7 Å². The van der Waals surface area contributed by atoms with Crippen LogP contribution in [0.5, 0.6) is 0 Å². The number of rotatable bonds is 10. The van der Waals surface area contributed by atoms with Crippen LogP contribution in [0.4, 0.5) is 4.79 Å². The van der Waals surface area contributed by atoms with E-state index in [-0.39, 0.29) is 18.4 Å². The first kappa shape index (κ1) is 24.7. The first-order valence-corrected chi connectivity index (χ1v) is 12.8. The lowest BCUT2D eigenvalue weighted by atomic mass is 9.89. The van der Waals surface area contributed by atoms with Crippen molar-refractivity contribution in [3.63, 3.8) is 0 Å². The Morgan fingerprint density at radius 2 is 2.08 bits per heavy atom. The SMILES string of the molecule is C[C@@H](N)C(=O)NC1C=CC2=C(CC[C@@]23CN(CON(CCC2CC2)Cc2ccccc2)C(=O)O3)C1=O. The highest BCUT2D eigenvalue weighted by molar-refractivity contribution is 6.06. The number of fused-ring (bicyclic) bond motifs is 1. The molecule has 1 unspecified atom stereocenters. The largest absolute Gasteiger partial charge is 0.436 e.